The number of nitrogens with zero attached hydrogens (tertiary/aromatic N) is 1. The van der Waals surface area contributed by atoms with Crippen LogP contribution in [-0.4, -0.2) is 15.7 Å². The van der Waals surface area contributed by atoms with Crippen molar-refractivity contribution in [2.45, 2.75) is 11.8 Å². The zero-order valence-electron chi connectivity index (χ0n) is 11.0. The molecular formula is C16H13NO2S. The number of aryl methyl sites for hydroxylation is 1. The van der Waals surface area contributed by atoms with Gasteiger partial charge in [-0.15, -0.1) is 0 Å². The van der Waals surface area contributed by atoms with Crippen LogP contribution in [0.15, 0.2) is 53.4 Å². The van der Waals surface area contributed by atoms with Gasteiger partial charge in [-0.3, -0.25) is 9.00 Å². The monoisotopic (exact) mass is 283 g/mol. The molecule has 0 N–H and O–H groups in total. The lowest BCUT2D eigenvalue weighted by atomic mass is 10.1. The molecule has 0 aliphatic rings. The van der Waals surface area contributed by atoms with E-state index in [1.54, 1.807) is 30.3 Å². The van der Waals surface area contributed by atoms with Gasteiger partial charge in [-0.25, -0.2) is 0 Å². The van der Waals surface area contributed by atoms with Crippen LogP contribution in [0.2, 0.25) is 0 Å². The van der Waals surface area contributed by atoms with E-state index < -0.39 is 10.8 Å². The molecular weight excluding hydrogens is 270 g/mol. The minimum atomic E-state index is -1.35. The second kappa shape index (κ2) is 6.27. The van der Waals surface area contributed by atoms with Crippen LogP contribution in [0, 0.1) is 18.3 Å². The van der Waals surface area contributed by atoms with Gasteiger partial charge in [0, 0.05) is 10.5 Å². The Morgan fingerprint density at radius 2 is 1.90 bits per heavy atom. The minimum Gasteiger partial charge on any atom is -0.293 e. The van der Waals surface area contributed by atoms with Gasteiger partial charge < -0.3 is 0 Å². The van der Waals surface area contributed by atoms with E-state index in [1.165, 1.54) is 0 Å². The van der Waals surface area contributed by atoms with Crippen molar-refractivity contribution >= 4 is 16.6 Å². The van der Waals surface area contributed by atoms with E-state index in [2.05, 4.69) is 0 Å². The molecule has 3 nitrogen and oxygen atoms in total. The third kappa shape index (κ3) is 3.40. The predicted molar refractivity (Wildman–Crippen MR) is 77.9 cm³/mol. The smallest absolute Gasteiger partial charge is 0.175 e. The summed E-state index contributed by atoms with van der Waals surface area (Å²) in [6.45, 7) is 1.92. The number of nitriles is 1. The average molecular weight is 283 g/mol. The van der Waals surface area contributed by atoms with E-state index in [0.29, 0.717) is 16.0 Å². The van der Waals surface area contributed by atoms with Crippen LogP contribution in [-0.2, 0) is 10.8 Å². The number of carbonyl (C=O) groups is 1. The van der Waals surface area contributed by atoms with Crippen LogP contribution in [0.25, 0.3) is 0 Å². The fourth-order valence-electron chi connectivity index (χ4n) is 1.77. The highest BCUT2D eigenvalue weighted by molar-refractivity contribution is 7.85. The van der Waals surface area contributed by atoms with E-state index in [0.717, 1.165) is 5.56 Å². The summed E-state index contributed by atoms with van der Waals surface area (Å²) in [7, 11) is -1.35. The number of carbonyl (C=O) groups excluding carboxylic acids is 1. The van der Waals surface area contributed by atoms with Crippen LogP contribution < -0.4 is 0 Å². The van der Waals surface area contributed by atoms with Gasteiger partial charge in [0.2, 0.25) is 0 Å². The van der Waals surface area contributed by atoms with Crippen LogP contribution in [0.5, 0.6) is 0 Å². The molecule has 0 spiro atoms. The highest BCUT2D eigenvalue weighted by atomic mass is 32.2. The first-order valence-electron chi connectivity index (χ1n) is 6.08. The molecule has 0 aliphatic carbocycles. The van der Waals surface area contributed by atoms with Crippen molar-refractivity contribution in [2.24, 2.45) is 0 Å². The normalized spacial score (nSPS) is 11.6. The van der Waals surface area contributed by atoms with Gasteiger partial charge in [0.15, 0.2) is 5.78 Å². The molecule has 20 heavy (non-hydrogen) atoms. The van der Waals surface area contributed by atoms with Gasteiger partial charge >= 0.3 is 0 Å². The summed E-state index contributed by atoms with van der Waals surface area (Å²) >= 11 is 0. The third-order valence-electron chi connectivity index (χ3n) is 2.85. The Bertz CT molecular complexity index is 699. The van der Waals surface area contributed by atoms with Crippen molar-refractivity contribution in [1.82, 2.24) is 0 Å². The molecule has 100 valence electrons. The second-order valence-corrected chi connectivity index (χ2v) is 5.87. The molecule has 1 unspecified atom stereocenters. The number of ketones is 1. The standard InChI is InChI=1S/C16H13NO2S/c1-12-3-2-4-15(9-12)20(19)11-16(18)14-7-5-13(10-17)6-8-14/h2-9H,11H2,1H3. The molecule has 0 aliphatic heterocycles. The first kappa shape index (κ1) is 14.2. The van der Waals surface area contributed by atoms with E-state index in [-0.39, 0.29) is 11.5 Å². The van der Waals surface area contributed by atoms with Gasteiger partial charge in [0.1, 0.15) is 0 Å². The molecule has 0 heterocycles. The molecule has 1 atom stereocenters. The highest BCUT2D eigenvalue weighted by Crippen LogP contribution is 2.12. The van der Waals surface area contributed by atoms with Crippen molar-refractivity contribution in [2.75, 3.05) is 5.75 Å². The zero-order chi connectivity index (χ0) is 14.5. The lowest BCUT2D eigenvalue weighted by Gasteiger charge is -2.03. The van der Waals surface area contributed by atoms with Gasteiger partial charge in [-0.1, -0.05) is 24.3 Å². The van der Waals surface area contributed by atoms with E-state index in [1.807, 2.05) is 31.2 Å². The van der Waals surface area contributed by atoms with E-state index >= 15 is 0 Å². The number of benzene rings is 2. The average Bonchev–Trinajstić information content (AvgIpc) is 2.47. The Kier molecular flexibility index (Phi) is 4.44. The van der Waals surface area contributed by atoms with E-state index in [4.69, 9.17) is 5.26 Å². The third-order valence-corrected chi connectivity index (χ3v) is 4.15. The molecule has 4 heteroatoms. The van der Waals surface area contributed by atoms with Crippen LogP contribution in [0.4, 0.5) is 0 Å². The molecule has 0 saturated carbocycles. The molecule has 2 aromatic carbocycles. The van der Waals surface area contributed by atoms with E-state index in [9.17, 15) is 9.00 Å². The minimum absolute atomic E-state index is 0.0463. The van der Waals surface area contributed by atoms with Crippen molar-refractivity contribution in [3.8, 4) is 6.07 Å². The van der Waals surface area contributed by atoms with Crippen LogP contribution >= 0.6 is 0 Å². The Morgan fingerprint density at radius 3 is 2.50 bits per heavy atom. The zero-order valence-corrected chi connectivity index (χ0v) is 11.8. The number of Topliss-reactive ketones (excluding diaryl/α,β-unsaturated/α-hetero) is 1. The molecule has 0 amide bonds. The van der Waals surface area contributed by atoms with Crippen LogP contribution in [0.3, 0.4) is 0 Å². The molecule has 0 saturated heterocycles. The molecule has 0 bridgehead atoms. The van der Waals surface area contributed by atoms with Crippen LogP contribution in [0.1, 0.15) is 21.5 Å². The topological polar surface area (TPSA) is 57.9 Å². The summed E-state index contributed by atoms with van der Waals surface area (Å²) in [5, 5.41) is 8.70. The van der Waals surface area contributed by atoms with Crippen molar-refractivity contribution in [3.63, 3.8) is 0 Å². The largest absolute Gasteiger partial charge is 0.293 e. The Morgan fingerprint density at radius 1 is 1.20 bits per heavy atom. The fraction of sp³-hybridized carbons (Fsp3) is 0.125. The van der Waals surface area contributed by atoms with Crippen molar-refractivity contribution < 1.29 is 9.00 Å². The molecule has 2 aromatic rings. The summed E-state index contributed by atoms with van der Waals surface area (Å²) in [4.78, 5) is 12.7. The predicted octanol–water partition coefficient (Wildman–Crippen LogP) is 2.86. The lowest BCUT2D eigenvalue weighted by molar-refractivity contribution is 0.102. The van der Waals surface area contributed by atoms with Crippen molar-refractivity contribution in [1.29, 1.82) is 5.26 Å². The molecule has 0 radical (unpaired) electrons. The lowest BCUT2D eigenvalue weighted by Crippen LogP contribution is -2.11. The van der Waals surface area contributed by atoms with Gasteiger partial charge in [0.25, 0.3) is 0 Å². The molecule has 0 aromatic heterocycles. The number of hydrogen-bond donors (Lipinski definition) is 0. The number of hydrogen-bond acceptors (Lipinski definition) is 3. The molecule has 0 fully saturated rings. The summed E-state index contributed by atoms with van der Waals surface area (Å²) in [5.41, 5.74) is 1.99. The van der Waals surface area contributed by atoms with Gasteiger partial charge in [0.05, 0.1) is 28.2 Å². The first-order valence-corrected chi connectivity index (χ1v) is 7.40. The summed E-state index contributed by atoms with van der Waals surface area (Å²) in [5.74, 6) is -0.232. The first-order chi connectivity index (χ1) is 9.60. The summed E-state index contributed by atoms with van der Waals surface area (Å²) < 4.78 is 12.1. The summed E-state index contributed by atoms with van der Waals surface area (Å²) in [6, 6.07) is 15.7. The Labute approximate surface area is 120 Å². The van der Waals surface area contributed by atoms with Gasteiger partial charge in [-0.05, 0) is 36.8 Å². The maximum absolute atomic E-state index is 12.1. The number of rotatable bonds is 4. The maximum Gasteiger partial charge on any atom is 0.175 e. The fourth-order valence-corrected chi connectivity index (χ4v) is 2.89. The Balaban J connectivity index is 2.11. The van der Waals surface area contributed by atoms with Gasteiger partial charge in [-0.2, -0.15) is 5.26 Å². The quantitative estimate of drug-likeness (QED) is 0.811. The second-order valence-electron chi connectivity index (χ2n) is 4.42. The Hall–Kier alpha value is -2.25. The molecule has 2 rings (SSSR count). The SMILES string of the molecule is Cc1cccc(S(=O)CC(=O)c2ccc(C#N)cc2)c1. The summed E-state index contributed by atoms with van der Waals surface area (Å²) in [6.07, 6.45) is 0. The van der Waals surface area contributed by atoms with Crippen molar-refractivity contribution in [3.05, 3.63) is 65.2 Å². The highest BCUT2D eigenvalue weighted by Gasteiger charge is 2.12. The maximum atomic E-state index is 12.1.